The number of amides is 2. The molecule has 0 fully saturated rings. The third-order valence-corrected chi connectivity index (χ3v) is 4.14. The molecule has 0 saturated carbocycles. The zero-order valence-electron chi connectivity index (χ0n) is 14.5. The van der Waals surface area contributed by atoms with Gasteiger partial charge in [-0.25, -0.2) is 0 Å². The van der Waals surface area contributed by atoms with E-state index in [2.05, 4.69) is 0 Å². The lowest BCUT2D eigenvalue weighted by Crippen LogP contribution is -2.30. The van der Waals surface area contributed by atoms with Crippen molar-refractivity contribution in [3.8, 4) is 23.0 Å². The van der Waals surface area contributed by atoms with E-state index in [9.17, 15) is 9.59 Å². The maximum Gasteiger partial charge on any atom is 0.240 e. The van der Waals surface area contributed by atoms with Crippen molar-refractivity contribution in [2.45, 2.75) is 6.42 Å². The minimum Gasteiger partial charge on any atom is -0.486 e. The fraction of sp³-hybridized carbons (Fsp3) is 0.263. The van der Waals surface area contributed by atoms with Crippen molar-refractivity contribution in [2.24, 2.45) is 5.73 Å². The molecule has 2 aromatic carbocycles. The smallest absolute Gasteiger partial charge is 0.240 e. The van der Waals surface area contributed by atoms with Crippen LogP contribution in [0, 0.1) is 0 Å². The topological polar surface area (TPSA) is 100 Å². The Kier molecular flexibility index (Phi) is 4.45. The zero-order valence-corrected chi connectivity index (χ0v) is 14.5. The van der Waals surface area contributed by atoms with Gasteiger partial charge in [0.25, 0.3) is 0 Å². The van der Waals surface area contributed by atoms with Crippen LogP contribution in [0.4, 0.5) is 11.4 Å². The summed E-state index contributed by atoms with van der Waals surface area (Å²) in [6.07, 6.45) is -0.428. The summed E-state index contributed by atoms with van der Waals surface area (Å²) in [5.74, 6) is 1.11. The average molecular weight is 370 g/mol. The first-order valence-electron chi connectivity index (χ1n) is 8.52. The Labute approximate surface area is 155 Å². The van der Waals surface area contributed by atoms with E-state index in [0.717, 1.165) is 0 Å². The SMILES string of the molecule is NC(=O)CC(=O)N(c1ccc2c(c1)OCCO2)c1ccc2c(c1)OCCO2. The van der Waals surface area contributed by atoms with Gasteiger partial charge in [-0.1, -0.05) is 0 Å². The summed E-state index contributed by atoms with van der Waals surface area (Å²) in [4.78, 5) is 25.5. The second-order valence-electron chi connectivity index (χ2n) is 6.03. The minimum atomic E-state index is -0.708. The first kappa shape index (κ1) is 17.0. The molecule has 2 heterocycles. The van der Waals surface area contributed by atoms with Crippen LogP contribution in [0.5, 0.6) is 23.0 Å². The molecule has 2 amide bonds. The molecule has 0 spiro atoms. The van der Waals surface area contributed by atoms with Gasteiger partial charge >= 0.3 is 0 Å². The number of rotatable bonds is 4. The molecule has 0 bridgehead atoms. The van der Waals surface area contributed by atoms with Crippen LogP contribution in [0.2, 0.25) is 0 Å². The van der Waals surface area contributed by atoms with Gasteiger partial charge in [0.1, 0.15) is 32.8 Å². The van der Waals surface area contributed by atoms with Gasteiger partial charge in [0.15, 0.2) is 23.0 Å². The predicted octanol–water partition coefficient (Wildman–Crippen LogP) is 1.77. The van der Waals surface area contributed by atoms with Crippen LogP contribution in [-0.2, 0) is 9.59 Å². The molecule has 0 saturated heterocycles. The summed E-state index contributed by atoms with van der Waals surface area (Å²) in [6, 6.07) is 10.3. The van der Waals surface area contributed by atoms with Gasteiger partial charge in [0.2, 0.25) is 11.8 Å². The molecule has 2 aliphatic heterocycles. The number of fused-ring (bicyclic) bond motifs is 2. The lowest BCUT2D eigenvalue weighted by Gasteiger charge is -2.27. The van der Waals surface area contributed by atoms with Crippen LogP contribution >= 0.6 is 0 Å². The van der Waals surface area contributed by atoms with Crippen LogP contribution in [0.3, 0.4) is 0 Å². The maximum absolute atomic E-state index is 12.8. The number of carbonyl (C=O) groups excluding carboxylic acids is 2. The molecule has 8 heteroatoms. The normalized spacial score (nSPS) is 14.4. The lowest BCUT2D eigenvalue weighted by atomic mass is 10.1. The van der Waals surface area contributed by atoms with Crippen molar-refractivity contribution in [3.63, 3.8) is 0 Å². The number of nitrogens with zero attached hydrogens (tertiary/aromatic N) is 1. The summed E-state index contributed by atoms with van der Waals surface area (Å²) in [7, 11) is 0. The summed E-state index contributed by atoms with van der Waals surface area (Å²) < 4.78 is 22.3. The standard InChI is InChI=1S/C19H18N2O6/c20-18(22)11-19(23)21(12-1-3-14-16(9-12)26-7-5-24-14)13-2-4-15-17(10-13)27-8-6-25-15/h1-4,9-10H,5-8,11H2,(H2,20,22). The van der Waals surface area contributed by atoms with Gasteiger partial charge in [-0.15, -0.1) is 0 Å². The van der Waals surface area contributed by atoms with Crippen LogP contribution in [-0.4, -0.2) is 38.2 Å². The van der Waals surface area contributed by atoms with Crippen molar-refractivity contribution >= 4 is 23.2 Å². The largest absolute Gasteiger partial charge is 0.486 e. The Hall–Kier alpha value is -3.42. The number of primary amides is 1. The molecule has 0 atom stereocenters. The van der Waals surface area contributed by atoms with Crippen LogP contribution in [0.15, 0.2) is 36.4 Å². The molecule has 0 radical (unpaired) electrons. The average Bonchev–Trinajstić information content (AvgIpc) is 2.67. The summed E-state index contributed by atoms with van der Waals surface area (Å²) in [6.45, 7) is 1.79. The molecular weight excluding hydrogens is 352 g/mol. The quantitative estimate of drug-likeness (QED) is 0.824. The molecule has 8 nitrogen and oxygen atoms in total. The van der Waals surface area contributed by atoms with Crippen LogP contribution < -0.4 is 29.6 Å². The molecule has 0 aliphatic carbocycles. The number of carbonyl (C=O) groups is 2. The van der Waals surface area contributed by atoms with E-state index in [-0.39, 0.29) is 0 Å². The molecule has 0 aromatic heterocycles. The molecule has 140 valence electrons. The van der Waals surface area contributed by atoms with E-state index >= 15 is 0 Å². The van der Waals surface area contributed by atoms with Gasteiger partial charge in [0.05, 0.1) is 11.4 Å². The molecule has 4 rings (SSSR count). The molecular formula is C19H18N2O6. The molecule has 2 N–H and O–H groups in total. The third-order valence-electron chi connectivity index (χ3n) is 4.14. The number of anilines is 2. The van der Waals surface area contributed by atoms with Crippen molar-refractivity contribution in [1.82, 2.24) is 0 Å². The van der Waals surface area contributed by atoms with E-state index in [1.165, 1.54) is 4.90 Å². The fourth-order valence-corrected chi connectivity index (χ4v) is 3.01. The lowest BCUT2D eigenvalue weighted by molar-refractivity contribution is -0.125. The Morgan fingerprint density at radius 1 is 0.778 bits per heavy atom. The molecule has 27 heavy (non-hydrogen) atoms. The summed E-state index contributed by atoms with van der Waals surface area (Å²) >= 11 is 0. The maximum atomic E-state index is 12.8. The highest BCUT2D eigenvalue weighted by Gasteiger charge is 2.24. The Bertz CT molecular complexity index is 838. The number of hydrogen-bond acceptors (Lipinski definition) is 6. The van der Waals surface area contributed by atoms with Gasteiger partial charge in [0, 0.05) is 12.1 Å². The number of benzene rings is 2. The van der Waals surface area contributed by atoms with E-state index in [0.29, 0.717) is 60.8 Å². The number of nitrogens with two attached hydrogens (primary N) is 1. The van der Waals surface area contributed by atoms with Crippen LogP contribution in [0.25, 0.3) is 0 Å². The van der Waals surface area contributed by atoms with Crippen molar-refractivity contribution in [1.29, 1.82) is 0 Å². The highest BCUT2D eigenvalue weighted by molar-refractivity contribution is 6.09. The van der Waals surface area contributed by atoms with Crippen LogP contribution in [0.1, 0.15) is 6.42 Å². The molecule has 0 unspecified atom stereocenters. The number of ether oxygens (including phenoxy) is 4. The zero-order chi connectivity index (χ0) is 18.8. The van der Waals surface area contributed by atoms with Crippen molar-refractivity contribution < 1.29 is 28.5 Å². The van der Waals surface area contributed by atoms with E-state index < -0.39 is 18.2 Å². The van der Waals surface area contributed by atoms with Gasteiger partial charge in [-0.05, 0) is 24.3 Å². The molecule has 2 aromatic rings. The first-order chi connectivity index (χ1) is 13.1. The monoisotopic (exact) mass is 370 g/mol. The Morgan fingerprint density at radius 3 is 1.67 bits per heavy atom. The highest BCUT2D eigenvalue weighted by Crippen LogP contribution is 2.40. The first-order valence-corrected chi connectivity index (χ1v) is 8.52. The van der Waals surface area contributed by atoms with E-state index in [1.807, 2.05) is 0 Å². The van der Waals surface area contributed by atoms with Crippen molar-refractivity contribution in [3.05, 3.63) is 36.4 Å². The van der Waals surface area contributed by atoms with Crippen molar-refractivity contribution in [2.75, 3.05) is 31.3 Å². The van der Waals surface area contributed by atoms with Gasteiger partial charge in [-0.2, -0.15) is 0 Å². The molecule has 2 aliphatic rings. The second kappa shape index (κ2) is 7.06. The number of hydrogen-bond donors (Lipinski definition) is 1. The predicted molar refractivity (Wildman–Crippen MR) is 95.8 cm³/mol. The Morgan fingerprint density at radius 2 is 1.22 bits per heavy atom. The van der Waals surface area contributed by atoms with E-state index in [4.69, 9.17) is 24.7 Å². The second-order valence-corrected chi connectivity index (χ2v) is 6.03. The van der Waals surface area contributed by atoms with Gasteiger partial charge < -0.3 is 24.7 Å². The minimum absolute atomic E-state index is 0.426. The van der Waals surface area contributed by atoms with Gasteiger partial charge in [-0.3, -0.25) is 14.5 Å². The third kappa shape index (κ3) is 3.46. The Balaban J connectivity index is 1.75. The fourth-order valence-electron chi connectivity index (χ4n) is 3.01. The highest BCUT2D eigenvalue weighted by atomic mass is 16.6. The van der Waals surface area contributed by atoms with E-state index in [1.54, 1.807) is 36.4 Å². The summed E-state index contributed by atoms with van der Waals surface area (Å²) in [5.41, 5.74) is 6.29. The summed E-state index contributed by atoms with van der Waals surface area (Å²) in [5, 5.41) is 0.